The molecular weight excluding hydrogens is 392 g/mol. The Morgan fingerprint density at radius 2 is 1.07 bits per heavy atom. The van der Waals surface area contributed by atoms with Crippen LogP contribution in [0.4, 0.5) is 0 Å². The van der Waals surface area contributed by atoms with Crippen LogP contribution in [0.15, 0.2) is 0 Å². The van der Waals surface area contributed by atoms with Gasteiger partial charge in [0.2, 0.25) is 0 Å². The van der Waals surface area contributed by atoms with Crippen LogP contribution < -0.4 is 0 Å². The number of ether oxygens (including phenoxy) is 5. The normalized spacial score (nSPS) is 15.6. The van der Waals surface area contributed by atoms with Gasteiger partial charge in [0.15, 0.2) is 0 Å². The monoisotopic (exact) mass is 426 g/mol. The lowest BCUT2D eigenvalue weighted by atomic mass is 10.3. The van der Waals surface area contributed by atoms with E-state index in [1.165, 1.54) is 0 Å². The van der Waals surface area contributed by atoms with Crippen LogP contribution in [0.25, 0.3) is 0 Å². The third-order valence-electron chi connectivity index (χ3n) is 3.29. The van der Waals surface area contributed by atoms with Crippen molar-refractivity contribution in [1.82, 2.24) is 0 Å². The molecule has 0 bridgehead atoms. The summed E-state index contributed by atoms with van der Waals surface area (Å²) < 4.78 is 27.1. The second kappa shape index (κ2) is 16.5. The minimum atomic E-state index is -0.313. The van der Waals surface area contributed by atoms with Crippen LogP contribution in [-0.4, -0.2) is 74.3 Å². The maximum atomic E-state index is 11.4. The van der Waals surface area contributed by atoms with E-state index in [1.54, 1.807) is 6.92 Å². The second-order valence-electron chi connectivity index (χ2n) is 6.36. The molecule has 160 valence electrons. The Kier molecular flexibility index (Phi) is 16.2. The van der Waals surface area contributed by atoms with E-state index in [1.807, 2.05) is 20.8 Å². The smallest absolute Gasteiger partial charge is 0.306 e. The van der Waals surface area contributed by atoms with Gasteiger partial charge in [-0.3, -0.25) is 9.59 Å². The predicted molar refractivity (Wildman–Crippen MR) is 110 cm³/mol. The van der Waals surface area contributed by atoms with Crippen molar-refractivity contribution in [3.05, 3.63) is 0 Å². The molecule has 9 heteroatoms. The molecule has 0 aromatic carbocycles. The van der Waals surface area contributed by atoms with Gasteiger partial charge in [0.05, 0.1) is 51.0 Å². The Labute approximate surface area is 173 Å². The Morgan fingerprint density at radius 3 is 1.56 bits per heavy atom. The van der Waals surface area contributed by atoms with Crippen molar-refractivity contribution in [2.75, 3.05) is 37.9 Å². The molecule has 0 spiro atoms. The van der Waals surface area contributed by atoms with Crippen LogP contribution in [-0.2, 0) is 33.3 Å². The number of esters is 2. The summed E-state index contributed by atoms with van der Waals surface area (Å²) in [5, 5.41) is 0. The molecule has 0 N–H and O–H groups in total. The number of hydrogen-bond donors (Lipinski definition) is 2. The zero-order chi connectivity index (χ0) is 20.7. The number of thiol groups is 2. The Hall–Kier alpha value is -0.480. The number of hydrogen-bond acceptors (Lipinski definition) is 9. The standard InChI is InChI=1S/C18H34O7S2/c1-13(9-22-15(3)11-24-17(19)5-7-26)21-10-14(2)23-12-16(4)25-18(20)6-8-27/h13-16,26-27H,5-12H2,1-4H3. The SMILES string of the molecule is CC(COC(=O)CCS)OCC(C)OCC(C)OCC(C)OC(=O)CCS. The first-order chi connectivity index (χ1) is 12.8. The summed E-state index contributed by atoms with van der Waals surface area (Å²) in [5.41, 5.74) is 0. The van der Waals surface area contributed by atoms with E-state index in [0.29, 0.717) is 37.7 Å². The fourth-order valence-electron chi connectivity index (χ4n) is 1.83. The van der Waals surface area contributed by atoms with Crippen molar-refractivity contribution >= 4 is 37.2 Å². The maximum absolute atomic E-state index is 11.4. The maximum Gasteiger partial charge on any atom is 0.306 e. The highest BCUT2D eigenvalue weighted by Gasteiger charge is 2.14. The zero-order valence-electron chi connectivity index (χ0n) is 16.7. The van der Waals surface area contributed by atoms with E-state index in [4.69, 9.17) is 23.7 Å². The average molecular weight is 427 g/mol. The highest BCUT2D eigenvalue weighted by Crippen LogP contribution is 2.03. The summed E-state index contributed by atoms with van der Waals surface area (Å²) >= 11 is 7.97. The molecule has 0 aliphatic heterocycles. The molecule has 0 saturated carbocycles. The molecule has 0 amide bonds. The van der Waals surface area contributed by atoms with Crippen LogP contribution >= 0.6 is 25.3 Å². The molecule has 0 aliphatic carbocycles. The summed E-state index contributed by atoms with van der Waals surface area (Å²) in [6.45, 7) is 8.70. The van der Waals surface area contributed by atoms with Crippen molar-refractivity contribution in [2.45, 2.75) is 65.0 Å². The summed E-state index contributed by atoms with van der Waals surface area (Å²) in [4.78, 5) is 22.6. The molecule has 7 nitrogen and oxygen atoms in total. The second-order valence-corrected chi connectivity index (χ2v) is 7.26. The quantitative estimate of drug-likeness (QED) is 0.290. The molecule has 0 aromatic rings. The highest BCUT2D eigenvalue weighted by atomic mass is 32.1. The van der Waals surface area contributed by atoms with Gasteiger partial charge in [-0.15, -0.1) is 0 Å². The minimum Gasteiger partial charge on any atom is -0.463 e. The first-order valence-electron chi connectivity index (χ1n) is 9.20. The van der Waals surface area contributed by atoms with E-state index in [0.717, 1.165) is 0 Å². The van der Waals surface area contributed by atoms with Gasteiger partial charge in [0, 0.05) is 11.5 Å². The van der Waals surface area contributed by atoms with E-state index >= 15 is 0 Å². The van der Waals surface area contributed by atoms with Gasteiger partial charge >= 0.3 is 11.9 Å². The molecule has 27 heavy (non-hydrogen) atoms. The topological polar surface area (TPSA) is 80.3 Å². The van der Waals surface area contributed by atoms with Crippen molar-refractivity contribution < 1.29 is 33.3 Å². The Bertz CT molecular complexity index is 409. The number of carbonyl (C=O) groups is 2. The molecule has 0 radical (unpaired) electrons. The summed E-state index contributed by atoms with van der Waals surface area (Å²) in [5.74, 6) is 0.381. The van der Waals surface area contributed by atoms with Crippen molar-refractivity contribution in [1.29, 1.82) is 0 Å². The zero-order valence-corrected chi connectivity index (χ0v) is 18.5. The third-order valence-corrected chi connectivity index (χ3v) is 3.74. The lowest BCUT2D eigenvalue weighted by Crippen LogP contribution is -2.29. The van der Waals surface area contributed by atoms with Crippen LogP contribution in [0.2, 0.25) is 0 Å². The fraction of sp³-hybridized carbons (Fsp3) is 0.889. The highest BCUT2D eigenvalue weighted by molar-refractivity contribution is 7.80. The van der Waals surface area contributed by atoms with Crippen LogP contribution in [0.3, 0.4) is 0 Å². The van der Waals surface area contributed by atoms with Gasteiger partial charge in [0.25, 0.3) is 0 Å². The molecule has 4 atom stereocenters. The molecule has 0 saturated heterocycles. The van der Waals surface area contributed by atoms with Crippen molar-refractivity contribution in [3.8, 4) is 0 Å². The lowest BCUT2D eigenvalue weighted by molar-refractivity contribution is -0.152. The van der Waals surface area contributed by atoms with Gasteiger partial charge in [-0.05, 0) is 27.7 Å². The largest absolute Gasteiger partial charge is 0.463 e. The number of rotatable bonds is 16. The van der Waals surface area contributed by atoms with E-state index in [-0.39, 0.29) is 49.4 Å². The van der Waals surface area contributed by atoms with E-state index < -0.39 is 0 Å². The van der Waals surface area contributed by atoms with Crippen LogP contribution in [0.1, 0.15) is 40.5 Å². The molecule has 0 heterocycles. The van der Waals surface area contributed by atoms with Gasteiger partial charge in [-0.25, -0.2) is 0 Å². The predicted octanol–water partition coefficient (Wildman–Crippen LogP) is 2.32. The Balaban J connectivity index is 3.79. The van der Waals surface area contributed by atoms with E-state index in [9.17, 15) is 9.59 Å². The van der Waals surface area contributed by atoms with Gasteiger partial charge in [0.1, 0.15) is 12.7 Å². The third kappa shape index (κ3) is 16.2. The molecule has 0 fully saturated rings. The van der Waals surface area contributed by atoms with Crippen molar-refractivity contribution in [3.63, 3.8) is 0 Å². The molecule has 4 unspecified atom stereocenters. The van der Waals surface area contributed by atoms with Gasteiger partial charge in [-0.2, -0.15) is 25.3 Å². The summed E-state index contributed by atoms with van der Waals surface area (Å²) in [6, 6.07) is 0. The Morgan fingerprint density at radius 1 is 0.667 bits per heavy atom. The molecular formula is C18H34O7S2. The van der Waals surface area contributed by atoms with Crippen molar-refractivity contribution in [2.24, 2.45) is 0 Å². The fourth-order valence-corrected chi connectivity index (χ4v) is 2.19. The summed E-state index contributed by atoms with van der Waals surface area (Å²) in [7, 11) is 0. The molecule has 0 aliphatic rings. The lowest BCUT2D eigenvalue weighted by Gasteiger charge is -2.21. The van der Waals surface area contributed by atoms with Crippen LogP contribution in [0.5, 0.6) is 0 Å². The average Bonchev–Trinajstić information content (AvgIpc) is 2.61. The molecule has 0 aromatic heterocycles. The van der Waals surface area contributed by atoms with E-state index in [2.05, 4.69) is 25.3 Å². The molecule has 0 rings (SSSR count). The minimum absolute atomic E-state index is 0.128. The van der Waals surface area contributed by atoms with Crippen LogP contribution in [0, 0.1) is 0 Å². The summed E-state index contributed by atoms with van der Waals surface area (Å²) in [6.07, 6.45) is -0.208. The first-order valence-corrected chi connectivity index (χ1v) is 10.5. The van der Waals surface area contributed by atoms with Gasteiger partial charge in [-0.1, -0.05) is 0 Å². The first kappa shape index (κ1) is 26.5. The number of carbonyl (C=O) groups excluding carboxylic acids is 2. The van der Waals surface area contributed by atoms with Gasteiger partial charge < -0.3 is 23.7 Å².